The Labute approximate surface area is 129 Å². The van der Waals surface area contributed by atoms with Gasteiger partial charge < -0.3 is 9.47 Å². The molecule has 0 radical (unpaired) electrons. The molecule has 0 aromatic heterocycles. The van der Waals surface area contributed by atoms with Crippen molar-refractivity contribution in [3.8, 4) is 0 Å². The Morgan fingerprint density at radius 2 is 1.95 bits per heavy atom. The molecular weight excluding hydrogens is 264 g/mol. The highest BCUT2D eigenvalue weighted by Gasteiger charge is 2.45. The van der Waals surface area contributed by atoms with Crippen molar-refractivity contribution in [1.82, 2.24) is 5.43 Å². The van der Waals surface area contributed by atoms with E-state index >= 15 is 0 Å². The molecule has 0 aromatic rings. The van der Waals surface area contributed by atoms with Gasteiger partial charge in [-0.2, -0.15) is 0 Å². The second-order valence-corrected chi connectivity index (χ2v) is 7.29. The average molecular weight is 296 g/mol. The molecule has 3 rings (SSSR count). The quantitative estimate of drug-likeness (QED) is 0.584. The first kappa shape index (κ1) is 15.7. The first-order valence-corrected chi connectivity index (χ1v) is 9.00. The van der Waals surface area contributed by atoms with Crippen LogP contribution in [0.2, 0.25) is 0 Å². The average Bonchev–Trinajstić information content (AvgIpc) is 3.33. The molecule has 21 heavy (non-hydrogen) atoms. The highest BCUT2D eigenvalue weighted by atomic mass is 16.5. The van der Waals surface area contributed by atoms with E-state index in [1.54, 1.807) is 0 Å². The van der Waals surface area contributed by atoms with Gasteiger partial charge in [0.2, 0.25) is 0 Å². The monoisotopic (exact) mass is 296 g/mol. The fraction of sp³-hybridized carbons (Fsp3) is 1.00. The van der Waals surface area contributed by atoms with Crippen LogP contribution in [-0.4, -0.2) is 31.0 Å². The molecule has 3 aliphatic rings. The van der Waals surface area contributed by atoms with Gasteiger partial charge in [-0.1, -0.05) is 19.3 Å². The van der Waals surface area contributed by atoms with Crippen LogP contribution in [0.5, 0.6) is 0 Å². The summed E-state index contributed by atoms with van der Waals surface area (Å²) in [5.41, 5.74) is 3.27. The van der Waals surface area contributed by atoms with Gasteiger partial charge in [-0.3, -0.25) is 11.3 Å². The molecule has 1 saturated heterocycles. The summed E-state index contributed by atoms with van der Waals surface area (Å²) in [6.07, 6.45) is 11.7. The van der Waals surface area contributed by atoms with Gasteiger partial charge in [0, 0.05) is 13.2 Å². The van der Waals surface area contributed by atoms with Crippen LogP contribution in [0, 0.1) is 11.8 Å². The second-order valence-electron chi connectivity index (χ2n) is 7.29. The van der Waals surface area contributed by atoms with Gasteiger partial charge in [0.05, 0.1) is 17.7 Å². The summed E-state index contributed by atoms with van der Waals surface area (Å²) in [5, 5.41) is 0. The Hall–Kier alpha value is -0.160. The minimum absolute atomic E-state index is 0.149. The largest absolute Gasteiger partial charge is 0.377 e. The van der Waals surface area contributed by atoms with E-state index in [0.29, 0.717) is 18.1 Å². The van der Waals surface area contributed by atoms with E-state index < -0.39 is 0 Å². The molecule has 1 spiro atoms. The maximum atomic E-state index is 6.24. The van der Waals surface area contributed by atoms with Crippen LogP contribution < -0.4 is 11.3 Å². The SMILES string of the molecule is CCOC(C1CC1)C(NN)C1CCOC2(CCCCC2)C1. The standard InChI is InChI=1S/C17H32N2O2/c1-2-20-16(13-6-7-13)15(19-18)14-8-11-21-17(12-14)9-4-3-5-10-17/h13-16,19H,2-12,18H2,1H3. The normalized spacial score (nSPS) is 32.0. The molecule has 122 valence electrons. The molecule has 3 atom stereocenters. The molecule has 1 heterocycles. The van der Waals surface area contributed by atoms with Gasteiger partial charge in [-0.25, -0.2) is 0 Å². The lowest BCUT2D eigenvalue weighted by molar-refractivity contribution is -0.130. The van der Waals surface area contributed by atoms with Crippen LogP contribution in [0.1, 0.15) is 64.7 Å². The predicted molar refractivity (Wildman–Crippen MR) is 83.7 cm³/mol. The van der Waals surface area contributed by atoms with E-state index in [2.05, 4.69) is 12.3 Å². The number of hydrazine groups is 1. The van der Waals surface area contributed by atoms with Crippen molar-refractivity contribution >= 4 is 0 Å². The molecule has 0 aromatic carbocycles. The first-order valence-electron chi connectivity index (χ1n) is 9.00. The van der Waals surface area contributed by atoms with Crippen LogP contribution in [0.4, 0.5) is 0 Å². The van der Waals surface area contributed by atoms with Gasteiger partial charge in [-0.05, 0) is 57.3 Å². The zero-order valence-electron chi connectivity index (χ0n) is 13.5. The van der Waals surface area contributed by atoms with Gasteiger partial charge in [0.1, 0.15) is 0 Å². The minimum atomic E-state index is 0.149. The highest BCUT2D eigenvalue weighted by molar-refractivity contribution is 4.98. The number of ether oxygens (including phenoxy) is 2. The van der Waals surface area contributed by atoms with Gasteiger partial charge in [-0.15, -0.1) is 0 Å². The topological polar surface area (TPSA) is 56.5 Å². The minimum Gasteiger partial charge on any atom is -0.377 e. The molecule has 0 bridgehead atoms. The lowest BCUT2D eigenvalue weighted by Crippen LogP contribution is -2.55. The molecule has 4 nitrogen and oxygen atoms in total. The van der Waals surface area contributed by atoms with E-state index in [4.69, 9.17) is 15.3 Å². The maximum Gasteiger partial charge on any atom is 0.0772 e. The molecule has 1 aliphatic heterocycles. The summed E-state index contributed by atoms with van der Waals surface area (Å²) < 4.78 is 12.3. The van der Waals surface area contributed by atoms with Crippen molar-refractivity contribution in [2.24, 2.45) is 17.7 Å². The van der Waals surface area contributed by atoms with E-state index in [1.807, 2.05) is 0 Å². The van der Waals surface area contributed by atoms with E-state index in [9.17, 15) is 0 Å². The van der Waals surface area contributed by atoms with Crippen molar-refractivity contribution in [3.63, 3.8) is 0 Å². The molecule has 0 amide bonds. The number of rotatable bonds is 6. The number of nitrogens with one attached hydrogen (secondary N) is 1. The zero-order chi connectivity index (χ0) is 14.7. The van der Waals surface area contributed by atoms with Gasteiger partial charge in [0.15, 0.2) is 0 Å². The summed E-state index contributed by atoms with van der Waals surface area (Å²) >= 11 is 0. The van der Waals surface area contributed by atoms with E-state index in [0.717, 1.165) is 32.0 Å². The van der Waals surface area contributed by atoms with Crippen molar-refractivity contribution in [1.29, 1.82) is 0 Å². The lowest BCUT2D eigenvalue weighted by atomic mass is 9.73. The van der Waals surface area contributed by atoms with Crippen molar-refractivity contribution in [2.45, 2.75) is 82.5 Å². The number of hydrogen-bond donors (Lipinski definition) is 2. The zero-order valence-corrected chi connectivity index (χ0v) is 13.5. The summed E-state index contributed by atoms with van der Waals surface area (Å²) in [6.45, 7) is 3.77. The third kappa shape index (κ3) is 3.61. The third-order valence-corrected chi connectivity index (χ3v) is 5.80. The Morgan fingerprint density at radius 1 is 1.19 bits per heavy atom. The molecule has 3 N–H and O–H groups in total. The Morgan fingerprint density at radius 3 is 2.57 bits per heavy atom. The second kappa shape index (κ2) is 6.95. The highest BCUT2D eigenvalue weighted by Crippen LogP contribution is 2.44. The van der Waals surface area contributed by atoms with Gasteiger partial charge in [0.25, 0.3) is 0 Å². The fourth-order valence-electron chi connectivity index (χ4n) is 4.57. The van der Waals surface area contributed by atoms with Crippen LogP contribution in [0.15, 0.2) is 0 Å². The van der Waals surface area contributed by atoms with Crippen molar-refractivity contribution in [3.05, 3.63) is 0 Å². The van der Waals surface area contributed by atoms with Crippen LogP contribution in [0.3, 0.4) is 0 Å². The summed E-state index contributed by atoms with van der Waals surface area (Å²) in [7, 11) is 0. The Bertz CT molecular complexity index is 321. The predicted octanol–water partition coefficient (Wildman–Crippen LogP) is 2.76. The molecule has 2 saturated carbocycles. The summed E-state index contributed by atoms with van der Waals surface area (Å²) in [4.78, 5) is 0. The van der Waals surface area contributed by atoms with Crippen molar-refractivity contribution in [2.75, 3.05) is 13.2 Å². The smallest absolute Gasteiger partial charge is 0.0772 e. The molecule has 2 aliphatic carbocycles. The Kier molecular flexibility index (Phi) is 5.20. The molecular formula is C17H32N2O2. The number of hydrogen-bond acceptors (Lipinski definition) is 4. The maximum absolute atomic E-state index is 6.24. The first-order chi connectivity index (χ1) is 10.3. The van der Waals surface area contributed by atoms with Gasteiger partial charge >= 0.3 is 0 Å². The lowest BCUT2D eigenvalue weighted by Gasteiger charge is -2.46. The molecule has 3 unspecified atom stereocenters. The Balaban J connectivity index is 1.67. The summed E-state index contributed by atoms with van der Waals surface area (Å²) in [6, 6.07) is 0.292. The van der Waals surface area contributed by atoms with Crippen LogP contribution >= 0.6 is 0 Å². The third-order valence-electron chi connectivity index (χ3n) is 5.80. The number of nitrogens with two attached hydrogens (primary N) is 1. The summed E-state index contributed by atoms with van der Waals surface area (Å²) in [5.74, 6) is 7.26. The molecule has 4 heteroatoms. The van der Waals surface area contributed by atoms with Crippen LogP contribution in [0.25, 0.3) is 0 Å². The van der Waals surface area contributed by atoms with E-state index in [-0.39, 0.29) is 5.60 Å². The fourth-order valence-corrected chi connectivity index (χ4v) is 4.57. The van der Waals surface area contributed by atoms with Crippen LogP contribution in [-0.2, 0) is 9.47 Å². The molecule has 3 fully saturated rings. The van der Waals surface area contributed by atoms with E-state index in [1.165, 1.54) is 44.9 Å². The van der Waals surface area contributed by atoms with Crippen molar-refractivity contribution < 1.29 is 9.47 Å².